The van der Waals surface area contributed by atoms with Crippen LogP contribution in [0, 0.1) is 23.4 Å². The van der Waals surface area contributed by atoms with Gasteiger partial charge in [-0.2, -0.15) is 0 Å². The van der Waals surface area contributed by atoms with Crippen molar-refractivity contribution in [3.63, 3.8) is 0 Å². The van der Waals surface area contributed by atoms with Crippen molar-refractivity contribution < 1.29 is 23.1 Å². The number of hydrogen-bond acceptors (Lipinski definition) is 2. The average molecular weight is 290 g/mol. The van der Waals surface area contributed by atoms with Gasteiger partial charge in [-0.05, 0) is 12.3 Å². The van der Waals surface area contributed by atoms with Crippen molar-refractivity contribution in [2.75, 3.05) is 11.9 Å². The molecule has 0 heterocycles. The second-order valence-electron chi connectivity index (χ2n) is 4.85. The maximum Gasteiger partial charge on any atom is 0.319 e. The molecule has 0 spiro atoms. The minimum absolute atomic E-state index is 0.243. The van der Waals surface area contributed by atoms with E-state index in [-0.39, 0.29) is 12.5 Å². The lowest BCUT2D eigenvalue weighted by Gasteiger charge is -2.18. The quantitative estimate of drug-likeness (QED) is 0.730. The van der Waals surface area contributed by atoms with Crippen LogP contribution in [0.5, 0.6) is 0 Å². The van der Waals surface area contributed by atoms with E-state index >= 15 is 0 Å². The number of rotatable bonds is 5. The summed E-state index contributed by atoms with van der Waals surface area (Å²) in [5.41, 5.74) is -0.470. The van der Waals surface area contributed by atoms with Gasteiger partial charge in [-0.15, -0.1) is 0 Å². The van der Waals surface area contributed by atoms with E-state index in [0.717, 1.165) is 0 Å². The summed E-state index contributed by atoms with van der Waals surface area (Å²) in [6, 6.07) is -0.388. The molecule has 0 aliphatic rings. The van der Waals surface area contributed by atoms with Gasteiger partial charge >= 0.3 is 6.03 Å². The lowest BCUT2D eigenvalue weighted by Crippen LogP contribution is -2.41. The Kier molecular flexibility index (Phi) is 5.82. The summed E-state index contributed by atoms with van der Waals surface area (Å²) in [6.07, 6.45) is 0.532. The van der Waals surface area contributed by atoms with Gasteiger partial charge in [0, 0.05) is 12.1 Å². The number of aliphatic hydroxyl groups is 1. The molecule has 3 N–H and O–H groups in total. The number of benzene rings is 1. The number of carbonyl (C=O) groups is 1. The molecule has 0 aromatic heterocycles. The summed E-state index contributed by atoms with van der Waals surface area (Å²) < 4.78 is 39.0. The lowest BCUT2D eigenvalue weighted by molar-refractivity contribution is 0.214. The zero-order valence-electron chi connectivity index (χ0n) is 11.2. The number of carbonyl (C=O) groups excluding carboxylic acids is 1. The summed E-state index contributed by atoms with van der Waals surface area (Å²) in [5.74, 6) is -3.43. The van der Waals surface area contributed by atoms with Gasteiger partial charge in [0.05, 0.1) is 18.3 Å². The fourth-order valence-corrected chi connectivity index (χ4v) is 1.71. The second kappa shape index (κ2) is 7.14. The molecule has 0 fully saturated rings. The smallest absolute Gasteiger partial charge is 0.319 e. The van der Waals surface area contributed by atoms with Crippen LogP contribution in [0.1, 0.15) is 20.3 Å². The van der Waals surface area contributed by atoms with Crippen molar-refractivity contribution in [2.45, 2.75) is 26.3 Å². The molecule has 7 heteroatoms. The fourth-order valence-electron chi connectivity index (χ4n) is 1.71. The van der Waals surface area contributed by atoms with Crippen LogP contribution < -0.4 is 10.6 Å². The molecule has 0 saturated carbocycles. The largest absolute Gasteiger partial charge is 0.394 e. The zero-order chi connectivity index (χ0) is 15.3. The molecule has 2 amide bonds. The Bertz CT molecular complexity index is 481. The highest BCUT2D eigenvalue weighted by Gasteiger charge is 2.16. The van der Waals surface area contributed by atoms with Crippen LogP contribution in [-0.2, 0) is 0 Å². The Morgan fingerprint density at radius 2 is 1.80 bits per heavy atom. The first-order chi connectivity index (χ1) is 9.33. The lowest BCUT2D eigenvalue weighted by atomic mass is 10.0. The standard InChI is InChI=1S/C13H17F3N2O2/c1-7(2)3-8(6-19)17-13(20)18-12-5-10(15)9(14)4-11(12)16/h4-5,7-8,19H,3,6H2,1-2H3,(H2,17,18,20). The molecule has 0 aliphatic carbocycles. The third-order valence-corrected chi connectivity index (χ3v) is 2.57. The van der Waals surface area contributed by atoms with Crippen molar-refractivity contribution >= 4 is 11.7 Å². The normalized spacial score (nSPS) is 12.3. The van der Waals surface area contributed by atoms with Crippen molar-refractivity contribution in [3.05, 3.63) is 29.6 Å². The van der Waals surface area contributed by atoms with Crippen LogP contribution in [0.25, 0.3) is 0 Å². The SMILES string of the molecule is CC(C)CC(CO)NC(=O)Nc1cc(F)c(F)cc1F. The highest BCUT2D eigenvalue weighted by molar-refractivity contribution is 5.89. The van der Waals surface area contributed by atoms with Gasteiger partial charge in [-0.1, -0.05) is 13.8 Å². The Hall–Kier alpha value is -1.76. The van der Waals surface area contributed by atoms with Crippen LogP contribution in [0.4, 0.5) is 23.7 Å². The molecule has 0 saturated heterocycles. The average Bonchev–Trinajstić information content (AvgIpc) is 2.34. The second-order valence-corrected chi connectivity index (χ2v) is 4.85. The van der Waals surface area contributed by atoms with E-state index in [4.69, 9.17) is 5.11 Å². The van der Waals surface area contributed by atoms with Crippen LogP contribution in [0.2, 0.25) is 0 Å². The van der Waals surface area contributed by atoms with Gasteiger partial charge in [0.1, 0.15) is 5.82 Å². The summed E-state index contributed by atoms with van der Waals surface area (Å²) in [5, 5.41) is 13.6. The number of urea groups is 1. The minimum Gasteiger partial charge on any atom is -0.394 e. The van der Waals surface area contributed by atoms with Gasteiger partial charge in [0.2, 0.25) is 0 Å². The first kappa shape index (κ1) is 16.3. The van der Waals surface area contributed by atoms with Crippen LogP contribution in [0.3, 0.4) is 0 Å². The third kappa shape index (κ3) is 4.73. The third-order valence-electron chi connectivity index (χ3n) is 2.57. The van der Waals surface area contributed by atoms with E-state index in [9.17, 15) is 18.0 Å². The molecule has 1 atom stereocenters. The van der Waals surface area contributed by atoms with Crippen molar-refractivity contribution in [1.82, 2.24) is 5.32 Å². The molecule has 1 aromatic rings. The molecular formula is C13H17F3N2O2. The molecular weight excluding hydrogens is 273 g/mol. The van der Waals surface area contributed by atoms with E-state index in [2.05, 4.69) is 10.6 Å². The summed E-state index contributed by atoms with van der Waals surface area (Å²) >= 11 is 0. The molecule has 4 nitrogen and oxygen atoms in total. The fraction of sp³-hybridized carbons (Fsp3) is 0.462. The molecule has 112 valence electrons. The predicted molar refractivity (Wildman–Crippen MR) is 68.8 cm³/mol. The molecule has 1 rings (SSSR count). The first-order valence-electron chi connectivity index (χ1n) is 6.16. The first-order valence-corrected chi connectivity index (χ1v) is 6.16. The summed E-state index contributed by atoms with van der Waals surface area (Å²) in [6.45, 7) is 3.56. The Labute approximate surface area is 115 Å². The number of halogens is 3. The topological polar surface area (TPSA) is 61.4 Å². The maximum absolute atomic E-state index is 13.3. The molecule has 0 radical (unpaired) electrons. The number of amides is 2. The van der Waals surface area contributed by atoms with Crippen molar-refractivity contribution in [2.24, 2.45) is 5.92 Å². The molecule has 1 aromatic carbocycles. The maximum atomic E-state index is 13.3. The van der Waals surface area contributed by atoms with Crippen LogP contribution in [0.15, 0.2) is 12.1 Å². The van der Waals surface area contributed by atoms with Gasteiger partial charge in [-0.3, -0.25) is 0 Å². The van der Waals surface area contributed by atoms with Gasteiger partial charge < -0.3 is 15.7 Å². The van der Waals surface area contributed by atoms with Crippen molar-refractivity contribution in [3.8, 4) is 0 Å². The van der Waals surface area contributed by atoms with Crippen molar-refractivity contribution in [1.29, 1.82) is 0 Å². The molecule has 20 heavy (non-hydrogen) atoms. The van der Waals surface area contributed by atoms with E-state index in [1.807, 2.05) is 13.8 Å². The predicted octanol–water partition coefficient (Wildman–Crippen LogP) is 2.63. The number of anilines is 1. The van der Waals surface area contributed by atoms with E-state index in [1.165, 1.54) is 0 Å². The van der Waals surface area contributed by atoms with Gasteiger partial charge in [0.15, 0.2) is 11.6 Å². The highest BCUT2D eigenvalue weighted by atomic mass is 19.2. The highest BCUT2D eigenvalue weighted by Crippen LogP contribution is 2.18. The summed E-state index contributed by atoms with van der Waals surface area (Å²) in [7, 11) is 0. The van der Waals surface area contributed by atoms with E-state index < -0.39 is 35.2 Å². The molecule has 0 bridgehead atoms. The van der Waals surface area contributed by atoms with Crippen LogP contribution in [-0.4, -0.2) is 23.8 Å². The zero-order valence-corrected chi connectivity index (χ0v) is 11.2. The summed E-state index contributed by atoms with van der Waals surface area (Å²) in [4.78, 5) is 11.6. The molecule has 1 unspecified atom stereocenters. The number of hydrogen-bond donors (Lipinski definition) is 3. The van der Waals surface area contributed by atoms with Crippen LogP contribution >= 0.6 is 0 Å². The Morgan fingerprint density at radius 1 is 1.20 bits per heavy atom. The Balaban J connectivity index is 2.68. The molecule has 0 aliphatic heterocycles. The van der Waals surface area contributed by atoms with E-state index in [0.29, 0.717) is 18.6 Å². The number of nitrogens with one attached hydrogen (secondary N) is 2. The minimum atomic E-state index is -1.33. The number of aliphatic hydroxyl groups excluding tert-OH is 1. The monoisotopic (exact) mass is 290 g/mol. The Morgan fingerprint density at radius 3 is 2.35 bits per heavy atom. The van der Waals surface area contributed by atoms with E-state index in [1.54, 1.807) is 0 Å². The van der Waals surface area contributed by atoms with Gasteiger partial charge in [-0.25, -0.2) is 18.0 Å². The van der Waals surface area contributed by atoms with Gasteiger partial charge in [0.25, 0.3) is 0 Å².